The summed E-state index contributed by atoms with van der Waals surface area (Å²) >= 11 is 5.18. The average molecular weight is 333 g/mol. The molecule has 102 valence electrons. The fourth-order valence-electron chi connectivity index (χ4n) is 1.69. The van der Waals surface area contributed by atoms with E-state index in [9.17, 15) is 4.79 Å². The minimum Gasteiger partial charge on any atom is -0.355 e. The number of likely N-dealkylation sites (N-methyl/N-ethyl adjacent to an activating group) is 1. The van der Waals surface area contributed by atoms with Gasteiger partial charge in [0.1, 0.15) is 0 Å². The highest BCUT2D eigenvalue weighted by molar-refractivity contribution is 9.11. The first-order valence-electron chi connectivity index (χ1n) is 6.36. The van der Waals surface area contributed by atoms with Crippen molar-refractivity contribution in [2.75, 3.05) is 13.1 Å². The van der Waals surface area contributed by atoms with Gasteiger partial charge in [0.2, 0.25) is 5.91 Å². The Labute approximate surface area is 121 Å². The van der Waals surface area contributed by atoms with E-state index in [2.05, 4.69) is 52.5 Å². The first-order chi connectivity index (χ1) is 8.61. The van der Waals surface area contributed by atoms with Crippen LogP contribution in [0.15, 0.2) is 15.9 Å². The van der Waals surface area contributed by atoms with Crippen molar-refractivity contribution in [3.05, 3.63) is 20.8 Å². The van der Waals surface area contributed by atoms with E-state index >= 15 is 0 Å². The van der Waals surface area contributed by atoms with E-state index in [1.807, 2.05) is 0 Å². The molecule has 5 heteroatoms. The van der Waals surface area contributed by atoms with Crippen LogP contribution >= 0.6 is 27.3 Å². The molecule has 0 saturated heterocycles. The molecule has 0 radical (unpaired) electrons. The lowest BCUT2D eigenvalue weighted by atomic mass is 10.2. The molecule has 18 heavy (non-hydrogen) atoms. The van der Waals surface area contributed by atoms with Gasteiger partial charge < -0.3 is 10.6 Å². The van der Waals surface area contributed by atoms with Crippen molar-refractivity contribution in [3.63, 3.8) is 0 Å². The zero-order valence-electron chi connectivity index (χ0n) is 11.0. The predicted octanol–water partition coefficient (Wildman–Crippen LogP) is 2.95. The van der Waals surface area contributed by atoms with Crippen LogP contribution in [0.5, 0.6) is 0 Å². The van der Waals surface area contributed by atoms with E-state index in [1.165, 1.54) is 4.88 Å². The molecule has 0 aliphatic heterocycles. The normalized spacial score (nSPS) is 12.4. The lowest BCUT2D eigenvalue weighted by molar-refractivity contribution is -0.121. The topological polar surface area (TPSA) is 41.1 Å². The lowest BCUT2D eigenvalue weighted by Gasteiger charge is -2.12. The highest BCUT2D eigenvalue weighted by Gasteiger charge is 2.05. The molecule has 0 unspecified atom stereocenters. The fraction of sp³-hybridized carbons (Fsp3) is 0.615. The maximum absolute atomic E-state index is 11.6. The van der Waals surface area contributed by atoms with Gasteiger partial charge in [0.15, 0.2) is 0 Å². The molecule has 3 nitrogen and oxygen atoms in total. The second kappa shape index (κ2) is 8.67. The quantitative estimate of drug-likeness (QED) is 0.768. The highest BCUT2D eigenvalue weighted by Crippen LogP contribution is 2.23. The van der Waals surface area contributed by atoms with Crippen molar-refractivity contribution in [3.8, 4) is 0 Å². The summed E-state index contributed by atoms with van der Waals surface area (Å²) in [6.07, 6.45) is 2.50. The molecular weight excluding hydrogens is 312 g/mol. The van der Waals surface area contributed by atoms with Gasteiger partial charge >= 0.3 is 0 Å². The number of hydrogen-bond donors (Lipinski definition) is 2. The molecule has 0 spiro atoms. The Morgan fingerprint density at radius 1 is 1.50 bits per heavy atom. The summed E-state index contributed by atoms with van der Waals surface area (Å²) in [7, 11) is 0. The van der Waals surface area contributed by atoms with E-state index in [1.54, 1.807) is 11.3 Å². The average Bonchev–Trinajstić information content (AvgIpc) is 2.73. The summed E-state index contributed by atoms with van der Waals surface area (Å²) < 4.78 is 1.15. The van der Waals surface area contributed by atoms with Crippen LogP contribution in [0, 0.1) is 0 Å². The zero-order chi connectivity index (χ0) is 13.4. The van der Waals surface area contributed by atoms with Crippen molar-refractivity contribution in [2.24, 2.45) is 0 Å². The molecule has 0 aliphatic carbocycles. The summed E-state index contributed by atoms with van der Waals surface area (Å²) in [5.41, 5.74) is 0. The third-order valence-electron chi connectivity index (χ3n) is 2.61. The summed E-state index contributed by atoms with van der Waals surface area (Å²) in [6, 6.07) is 4.50. The molecule has 1 atom stereocenters. The predicted molar refractivity (Wildman–Crippen MR) is 81.1 cm³/mol. The molecule has 1 heterocycles. The van der Waals surface area contributed by atoms with E-state index in [0.29, 0.717) is 19.0 Å². The number of amides is 1. The highest BCUT2D eigenvalue weighted by atomic mass is 79.9. The molecular formula is C13H21BrN2OS. The van der Waals surface area contributed by atoms with E-state index in [0.717, 1.165) is 23.2 Å². The van der Waals surface area contributed by atoms with E-state index < -0.39 is 0 Å². The third kappa shape index (κ3) is 6.52. The van der Waals surface area contributed by atoms with Gasteiger partial charge in [0, 0.05) is 23.9 Å². The lowest BCUT2D eigenvalue weighted by Crippen LogP contribution is -2.38. The maximum Gasteiger partial charge on any atom is 0.220 e. The van der Waals surface area contributed by atoms with Gasteiger partial charge in [0.25, 0.3) is 0 Å². The van der Waals surface area contributed by atoms with Crippen molar-refractivity contribution in [2.45, 2.75) is 39.2 Å². The van der Waals surface area contributed by atoms with Gasteiger partial charge in [-0.2, -0.15) is 0 Å². The van der Waals surface area contributed by atoms with Crippen LogP contribution in [0.2, 0.25) is 0 Å². The molecule has 0 aliphatic rings. The maximum atomic E-state index is 11.6. The van der Waals surface area contributed by atoms with Crippen LogP contribution in [-0.2, 0) is 11.2 Å². The standard InChI is InChI=1S/C13H21BrN2OS/c1-3-15-10(2)9-16-13(17)6-4-5-11-7-8-12(14)18-11/h7-8,10,15H,3-6,9H2,1-2H3,(H,16,17)/t10-/m1/s1. The van der Waals surface area contributed by atoms with Crippen molar-refractivity contribution >= 4 is 33.2 Å². The summed E-state index contributed by atoms with van der Waals surface area (Å²) in [5.74, 6) is 0.148. The molecule has 1 aromatic heterocycles. The van der Waals surface area contributed by atoms with Gasteiger partial charge in [-0.3, -0.25) is 4.79 Å². The van der Waals surface area contributed by atoms with Gasteiger partial charge in [0.05, 0.1) is 3.79 Å². The fourth-order valence-corrected chi connectivity index (χ4v) is 3.21. The Balaban J connectivity index is 2.10. The smallest absolute Gasteiger partial charge is 0.220 e. The van der Waals surface area contributed by atoms with Crippen LogP contribution in [-0.4, -0.2) is 25.0 Å². The number of carbonyl (C=O) groups is 1. The van der Waals surface area contributed by atoms with Crippen molar-refractivity contribution < 1.29 is 4.79 Å². The van der Waals surface area contributed by atoms with Gasteiger partial charge in [-0.25, -0.2) is 0 Å². The largest absolute Gasteiger partial charge is 0.355 e. The second-order valence-electron chi connectivity index (χ2n) is 4.32. The first-order valence-corrected chi connectivity index (χ1v) is 7.97. The zero-order valence-corrected chi connectivity index (χ0v) is 13.4. The molecule has 2 N–H and O–H groups in total. The third-order valence-corrected chi connectivity index (χ3v) is 4.30. The van der Waals surface area contributed by atoms with Crippen LogP contribution in [0.25, 0.3) is 0 Å². The number of aryl methyl sites for hydroxylation is 1. The second-order valence-corrected chi connectivity index (χ2v) is 6.87. The van der Waals surface area contributed by atoms with Crippen molar-refractivity contribution in [1.29, 1.82) is 0 Å². The molecule has 0 fully saturated rings. The molecule has 1 amide bonds. The Hall–Kier alpha value is -0.390. The summed E-state index contributed by atoms with van der Waals surface area (Å²) in [5, 5.41) is 6.22. The molecule has 0 aromatic carbocycles. The SMILES string of the molecule is CCN[C@H](C)CNC(=O)CCCc1ccc(Br)s1. The Kier molecular flexibility index (Phi) is 7.54. The Bertz CT molecular complexity index is 368. The van der Waals surface area contributed by atoms with Gasteiger partial charge in [-0.1, -0.05) is 6.92 Å². The molecule has 1 rings (SSSR count). The van der Waals surface area contributed by atoms with E-state index in [4.69, 9.17) is 0 Å². The van der Waals surface area contributed by atoms with Crippen LogP contribution in [0.3, 0.4) is 0 Å². The van der Waals surface area contributed by atoms with Gasteiger partial charge in [-0.05, 0) is 54.4 Å². The number of hydrogen-bond acceptors (Lipinski definition) is 3. The van der Waals surface area contributed by atoms with Crippen molar-refractivity contribution in [1.82, 2.24) is 10.6 Å². The summed E-state index contributed by atoms with van der Waals surface area (Å²) in [4.78, 5) is 12.9. The molecule has 1 aromatic rings. The van der Waals surface area contributed by atoms with Crippen LogP contribution < -0.4 is 10.6 Å². The monoisotopic (exact) mass is 332 g/mol. The number of rotatable bonds is 8. The van der Waals surface area contributed by atoms with Gasteiger partial charge in [-0.15, -0.1) is 11.3 Å². The number of thiophene rings is 1. The number of halogens is 1. The van der Waals surface area contributed by atoms with Crippen LogP contribution in [0.4, 0.5) is 0 Å². The van der Waals surface area contributed by atoms with E-state index in [-0.39, 0.29) is 5.91 Å². The Morgan fingerprint density at radius 3 is 2.89 bits per heavy atom. The minimum absolute atomic E-state index is 0.148. The minimum atomic E-state index is 0.148. The summed E-state index contributed by atoms with van der Waals surface area (Å²) in [6.45, 7) is 5.78. The van der Waals surface area contributed by atoms with Crippen LogP contribution in [0.1, 0.15) is 31.6 Å². The number of carbonyl (C=O) groups excluding carboxylic acids is 1. The number of nitrogens with one attached hydrogen (secondary N) is 2. The molecule has 0 saturated carbocycles. The molecule has 0 bridgehead atoms. The Morgan fingerprint density at radius 2 is 2.28 bits per heavy atom. The first kappa shape index (κ1) is 15.7.